The summed E-state index contributed by atoms with van der Waals surface area (Å²) < 4.78 is 5.28. The van der Waals surface area contributed by atoms with Crippen LogP contribution in [0.2, 0.25) is 0 Å². The summed E-state index contributed by atoms with van der Waals surface area (Å²) in [6.45, 7) is 3.79. The minimum Gasteiger partial charge on any atom is -0.507 e. The van der Waals surface area contributed by atoms with E-state index in [1.807, 2.05) is 19.1 Å². The molecule has 1 aliphatic heterocycles. The second-order valence-electron chi connectivity index (χ2n) is 4.92. The number of aromatic nitrogens is 2. The molecule has 0 amide bonds. The van der Waals surface area contributed by atoms with E-state index in [0.29, 0.717) is 17.4 Å². The summed E-state index contributed by atoms with van der Waals surface area (Å²) in [7, 11) is 0. The van der Waals surface area contributed by atoms with Gasteiger partial charge in [0.05, 0.1) is 5.56 Å². The van der Waals surface area contributed by atoms with E-state index in [4.69, 9.17) is 4.52 Å². The monoisotopic (exact) mass is 259 g/mol. The van der Waals surface area contributed by atoms with Gasteiger partial charge in [-0.3, -0.25) is 0 Å². The summed E-state index contributed by atoms with van der Waals surface area (Å²) >= 11 is 0. The van der Waals surface area contributed by atoms with Crippen molar-refractivity contribution in [2.45, 2.75) is 26.2 Å². The quantitative estimate of drug-likeness (QED) is 0.898. The minimum atomic E-state index is 0.205. The van der Waals surface area contributed by atoms with Crippen molar-refractivity contribution in [1.29, 1.82) is 0 Å². The van der Waals surface area contributed by atoms with Gasteiger partial charge in [-0.1, -0.05) is 12.1 Å². The number of hydrogen-bond acceptors (Lipinski definition) is 5. The highest BCUT2D eigenvalue weighted by Crippen LogP contribution is 2.31. The normalized spacial score (nSPS) is 15.7. The fourth-order valence-corrected chi connectivity index (χ4v) is 2.38. The highest BCUT2D eigenvalue weighted by Gasteiger charge is 2.19. The molecule has 1 fully saturated rings. The van der Waals surface area contributed by atoms with Gasteiger partial charge < -0.3 is 14.5 Å². The van der Waals surface area contributed by atoms with Crippen LogP contribution in [0, 0.1) is 6.92 Å². The number of rotatable bonds is 2. The molecular formula is C14H17N3O2. The first-order valence-corrected chi connectivity index (χ1v) is 6.63. The van der Waals surface area contributed by atoms with Gasteiger partial charge in [0.15, 0.2) is 0 Å². The molecule has 3 rings (SSSR count). The number of benzene rings is 1. The van der Waals surface area contributed by atoms with Gasteiger partial charge in [0.2, 0.25) is 0 Å². The van der Waals surface area contributed by atoms with Gasteiger partial charge in [-0.05, 0) is 43.0 Å². The number of aromatic hydroxyl groups is 1. The number of hydrogen-bond donors (Lipinski definition) is 1. The highest BCUT2D eigenvalue weighted by molar-refractivity contribution is 5.65. The summed E-state index contributed by atoms with van der Waals surface area (Å²) in [4.78, 5) is 6.52. The molecule has 2 heterocycles. The Bertz CT molecular complexity index is 574. The van der Waals surface area contributed by atoms with Gasteiger partial charge >= 0.3 is 0 Å². The second kappa shape index (κ2) is 4.91. The van der Waals surface area contributed by atoms with Crippen LogP contribution in [0.1, 0.15) is 24.8 Å². The smallest absolute Gasteiger partial charge is 0.266 e. The molecule has 0 spiro atoms. The fourth-order valence-electron chi connectivity index (χ4n) is 2.38. The third kappa shape index (κ3) is 2.28. The Hall–Kier alpha value is -2.04. The van der Waals surface area contributed by atoms with Crippen molar-refractivity contribution >= 4 is 5.95 Å². The first kappa shape index (κ1) is 12.0. The number of aryl methyl sites for hydroxylation is 1. The number of para-hydroxylation sites is 1. The van der Waals surface area contributed by atoms with Gasteiger partial charge in [0.25, 0.3) is 11.8 Å². The summed E-state index contributed by atoms with van der Waals surface area (Å²) in [5, 5.41) is 14.0. The molecule has 2 aromatic rings. The maximum atomic E-state index is 10.0. The van der Waals surface area contributed by atoms with E-state index in [1.54, 1.807) is 6.07 Å². The van der Waals surface area contributed by atoms with Gasteiger partial charge in [-0.15, -0.1) is 0 Å². The maximum Gasteiger partial charge on any atom is 0.266 e. The van der Waals surface area contributed by atoms with Gasteiger partial charge in [-0.25, -0.2) is 0 Å². The number of nitrogens with zero attached hydrogens (tertiary/aromatic N) is 3. The van der Waals surface area contributed by atoms with E-state index in [0.717, 1.165) is 18.7 Å². The Morgan fingerprint density at radius 1 is 1.21 bits per heavy atom. The fraction of sp³-hybridized carbons (Fsp3) is 0.429. The Morgan fingerprint density at radius 3 is 2.79 bits per heavy atom. The predicted octanol–water partition coefficient (Wildman–Crippen LogP) is 2.74. The summed E-state index contributed by atoms with van der Waals surface area (Å²) in [6, 6.07) is 5.51. The molecule has 100 valence electrons. The zero-order valence-corrected chi connectivity index (χ0v) is 11.0. The zero-order chi connectivity index (χ0) is 13.2. The molecular weight excluding hydrogens is 242 g/mol. The van der Waals surface area contributed by atoms with Crippen LogP contribution in [0.3, 0.4) is 0 Å². The lowest BCUT2D eigenvalue weighted by molar-refractivity contribution is 0.420. The van der Waals surface area contributed by atoms with Gasteiger partial charge in [0.1, 0.15) is 5.75 Å². The van der Waals surface area contributed by atoms with E-state index < -0.39 is 0 Å². The molecule has 5 nitrogen and oxygen atoms in total. The van der Waals surface area contributed by atoms with Crippen molar-refractivity contribution < 1.29 is 9.63 Å². The number of piperidine rings is 1. The molecule has 1 aromatic carbocycles. The Kier molecular flexibility index (Phi) is 3.11. The molecule has 1 aliphatic rings. The van der Waals surface area contributed by atoms with E-state index >= 15 is 0 Å². The lowest BCUT2D eigenvalue weighted by Gasteiger charge is -2.24. The molecule has 1 aromatic heterocycles. The Labute approximate surface area is 111 Å². The largest absolute Gasteiger partial charge is 0.507 e. The van der Waals surface area contributed by atoms with Gasteiger partial charge in [-0.2, -0.15) is 4.98 Å². The summed E-state index contributed by atoms with van der Waals surface area (Å²) in [5.74, 6) is 1.20. The van der Waals surface area contributed by atoms with Crippen molar-refractivity contribution in [3.8, 4) is 17.2 Å². The molecule has 19 heavy (non-hydrogen) atoms. The minimum absolute atomic E-state index is 0.205. The van der Waals surface area contributed by atoms with Crippen LogP contribution in [0.25, 0.3) is 11.5 Å². The van der Waals surface area contributed by atoms with Crippen molar-refractivity contribution in [2.75, 3.05) is 18.0 Å². The first-order valence-electron chi connectivity index (χ1n) is 6.63. The lowest BCUT2D eigenvalue weighted by Crippen LogP contribution is -2.30. The standard InChI is InChI=1S/C14H17N3O2/c1-10-6-5-7-11(12(10)18)13-15-14(16-19-13)17-8-3-2-4-9-17/h5-7,18H,2-4,8-9H2,1H3. The van der Waals surface area contributed by atoms with Crippen LogP contribution in [-0.4, -0.2) is 28.3 Å². The molecule has 0 radical (unpaired) electrons. The van der Waals surface area contributed by atoms with Crippen molar-refractivity contribution in [2.24, 2.45) is 0 Å². The summed E-state index contributed by atoms with van der Waals surface area (Å²) in [6.07, 6.45) is 3.60. The predicted molar refractivity (Wildman–Crippen MR) is 72.2 cm³/mol. The van der Waals surface area contributed by atoms with Crippen molar-refractivity contribution in [1.82, 2.24) is 10.1 Å². The van der Waals surface area contributed by atoms with Crippen LogP contribution in [0.4, 0.5) is 5.95 Å². The third-order valence-electron chi connectivity index (χ3n) is 3.52. The topological polar surface area (TPSA) is 62.4 Å². The number of anilines is 1. The average Bonchev–Trinajstić information content (AvgIpc) is 2.92. The lowest BCUT2D eigenvalue weighted by atomic mass is 10.1. The molecule has 0 aliphatic carbocycles. The Balaban J connectivity index is 1.90. The van der Waals surface area contributed by atoms with Crippen molar-refractivity contribution in [3.63, 3.8) is 0 Å². The van der Waals surface area contributed by atoms with E-state index in [-0.39, 0.29) is 5.75 Å². The highest BCUT2D eigenvalue weighted by atomic mass is 16.5. The van der Waals surface area contributed by atoms with Crippen LogP contribution in [0.15, 0.2) is 22.7 Å². The SMILES string of the molecule is Cc1cccc(-c2nc(N3CCCCC3)no2)c1O. The number of phenolic OH excluding ortho intramolecular Hbond substituents is 1. The summed E-state index contributed by atoms with van der Waals surface area (Å²) in [5.41, 5.74) is 1.39. The Morgan fingerprint density at radius 2 is 2.00 bits per heavy atom. The molecule has 0 saturated carbocycles. The van der Waals surface area contributed by atoms with Gasteiger partial charge in [0, 0.05) is 13.1 Å². The first-order chi connectivity index (χ1) is 9.25. The third-order valence-corrected chi connectivity index (χ3v) is 3.52. The molecule has 0 unspecified atom stereocenters. The van der Waals surface area contributed by atoms with E-state index in [1.165, 1.54) is 19.3 Å². The van der Waals surface area contributed by atoms with Crippen LogP contribution in [0.5, 0.6) is 5.75 Å². The van der Waals surface area contributed by atoms with Crippen LogP contribution in [-0.2, 0) is 0 Å². The molecule has 5 heteroatoms. The molecule has 0 atom stereocenters. The zero-order valence-electron chi connectivity index (χ0n) is 11.0. The van der Waals surface area contributed by atoms with E-state index in [9.17, 15) is 5.11 Å². The molecule has 1 saturated heterocycles. The second-order valence-corrected chi connectivity index (χ2v) is 4.92. The molecule has 0 bridgehead atoms. The number of phenols is 1. The van der Waals surface area contributed by atoms with Crippen molar-refractivity contribution in [3.05, 3.63) is 23.8 Å². The van der Waals surface area contributed by atoms with Crippen LogP contribution >= 0.6 is 0 Å². The maximum absolute atomic E-state index is 10.0. The average molecular weight is 259 g/mol. The van der Waals surface area contributed by atoms with Crippen LogP contribution < -0.4 is 4.90 Å². The van der Waals surface area contributed by atoms with E-state index in [2.05, 4.69) is 15.0 Å². The molecule has 1 N–H and O–H groups in total.